The van der Waals surface area contributed by atoms with E-state index in [1.807, 2.05) is 42.6 Å². The fraction of sp³-hybridized carbons (Fsp3) is 0.0192. The molecule has 0 radical (unpaired) electrons. The van der Waals surface area contributed by atoms with Gasteiger partial charge in [-0.15, -0.1) is 0 Å². The molecule has 268 valence electrons. The van der Waals surface area contributed by atoms with Crippen molar-refractivity contribution in [3.63, 3.8) is 0 Å². The number of rotatable bonds is 6. The summed E-state index contributed by atoms with van der Waals surface area (Å²) in [7, 11) is 0. The Morgan fingerprint density at radius 2 is 1.21 bits per heavy atom. The summed E-state index contributed by atoms with van der Waals surface area (Å²) < 4.78 is 2.40. The quantitative estimate of drug-likeness (QED) is 0.185. The lowest BCUT2D eigenvalue weighted by atomic mass is 9.96. The maximum atomic E-state index is 5.06. The van der Waals surface area contributed by atoms with Crippen molar-refractivity contribution >= 4 is 55.2 Å². The molecule has 1 N–H and O–H groups in total. The summed E-state index contributed by atoms with van der Waals surface area (Å²) in [5, 5.41) is 9.73. The maximum Gasteiger partial charge on any atom is 0.159 e. The fourth-order valence-corrected chi connectivity index (χ4v) is 8.33. The molecule has 1 unspecified atom stereocenters. The van der Waals surface area contributed by atoms with E-state index in [1.54, 1.807) is 0 Å². The van der Waals surface area contributed by atoms with Crippen LogP contribution in [0.25, 0.3) is 71.4 Å². The van der Waals surface area contributed by atoms with E-state index in [0.717, 1.165) is 61.4 Å². The van der Waals surface area contributed by atoms with Crippen LogP contribution in [-0.4, -0.2) is 21.2 Å². The van der Waals surface area contributed by atoms with Gasteiger partial charge in [-0.1, -0.05) is 152 Å². The van der Waals surface area contributed by atoms with Crippen molar-refractivity contribution in [1.82, 2.24) is 14.9 Å². The molecule has 0 saturated heterocycles. The highest BCUT2D eigenvalue weighted by Gasteiger charge is 2.22. The van der Waals surface area contributed by atoms with Crippen LogP contribution < -0.4 is 5.32 Å². The molecular weight excluding hydrogens is 695 g/mol. The Balaban J connectivity index is 1.03. The highest BCUT2D eigenvalue weighted by molar-refractivity contribution is 6.22. The minimum absolute atomic E-state index is 0.265. The minimum atomic E-state index is -0.265. The molecule has 1 aliphatic rings. The molecule has 5 heteroatoms. The van der Waals surface area contributed by atoms with Gasteiger partial charge in [0, 0.05) is 44.7 Å². The summed E-state index contributed by atoms with van der Waals surface area (Å²) in [4.78, 5) is 15.1. The molecule has 1 aliphatic heterocycles. The number of para-hydroxylation sites is 1. The summed E-state index contributed by atoms with van der Waals surface area (Å²) in [6.45, 7) is 0. The van der Waals surface area contributed by atoms with Crippen LogP contribution in [-0.2, 0) is 0 Å². The average Bonchev–Trinajstić information content (AvgIpc) is 3.63. The molecule has 3 heterocycles. The molecule has 5 nitrogen and oxygen atoms in total. The van der Waals surface area contributed by atoms with Crippen LogP contribution in [0.15, 0.2) is 210 Å². The molecule has 0 saturated carbocycles. The Labute approximate surface area is 330 Å². The van der Waals surface area contributed by atoms with Crippen molar-refractivity contribution in [1.29, 1.82) is 0 Å². The Kier molecular flexibility index (Phi) is 7.81. The third-order valence-electron chi connectivity index (χ3n) is 11.1. The number of fused-ring (bicyclic) bond motifs is 6. The SMILES string of the molecule is c1ccc(C2=NC(c3ccccc3)NC(c3cccc(-c4cnc5cccc(-c6ccc7c8c9ccccc9ccc8n(-c8ccccc8)c7c6)c5c4)c3)=N2)cc1. The van der Waals surface area contributed by atoms with E-state index in [2.05, 4.69) is 168 Å². The van der Waals surface area contributed by atoms with Gasteiger partial charge in [0.25, 0.3) is 0 Å². The first-order valence-electron chi connectivity index (χ1n) is 19.3. The predicted molar refractivity (Wildman–Crippen MR) is 236 cm³/mol. The summed E-state index contributed by atoms with van der Waals surface area (Å²) in [6.07, 6.45) is 1.71. The first kappa shape index (κ1) is 32.8. The molecule has 11 rings (SSSR count). The van der Waals surface area contributed by atoms with E-state index in [1.165, 1.54) is 32.6 Å². The van der Waals surface area contributed by atoms with Crippen molar-refractivity contribution < 1.29 is 0 Å². The molecule has 0 amide bonds. The van der Waals surface area contributed by atoms with Crippen molar-refractivity contribution in [2.75, 3.05) is 0 Å². The lowest BCUT2D eigenvalue weighted by Crippen LogP contribution is -2.33. The molecule has 0 spiro atoms. The van der Waals surface area contributed by atoms with Gasteiger partial charge in [0.05, 0.1) is 16.6 Å². The summed E-state index contributed by atoms with van der Waals surface area (Å²) in [6, 6.07) is 68.5. The molecular formula is C52H35N5. The van der Waals surface area contributed by atoms with Gasteiger partial charge < -0.3 is 9.88 Å². The Hall–Kier alpha value is -7.63. The van der Waals surface area contributed by atoms with Crippen LogP contribution >= 0.6 is 0 Å². The summed E-state index contributed by atoms with van der Waals surface area (Å²) in [5.74, 6) is 1.49. The number of hydrogen-bond acceptors (Lipinski definition) is 4. The number of hydrogen-bond donors (Lipinski definition) is 1. The molecule has 8 aromatic carbocycles. The summed E-state index contributed by atoms with van der Waals surface area (Å²) in [5.41, 5.74) is 11.9. The van der Waals surface area contributed by atoms with Crippen molar-refractivity contribution in [2.45, 2.75) is 6.17 Å². The lowest BCUT2D eigenvalue weighted by Gasteiger charge is -2.24. The Morgan fingerprint density at radius 3 is 2.07 bits per heavy atom. The molecule has 57 heavy (non-hydrogen) atoms. The Bertz CT molecular complexity index is 3200. The average molecular weight is 730 g/mol. The van der Waals surface area contributed by atoms with Gasteiger partial charge in [-0.2, -0.15) is 0 Å². The van der Waals surface area contributed by atoms with Crippen molar-refractivity contribution in [2.24, 2.45) is 9.98 Å². The van der Waals surface area contributed by atoms with E-state index in [0.29, 0.717) is 5.84 Å². The van der Waals surface area contributed by atoms with Crippen LogP contribution in [0, 0.1) is 0 Å². The van der Waals surface area contributed by atoms with E-state index < -0.39 is 0 Å². The lowest BCUT2D eigenvalue weighted by molar-refractivity contribution is 0.674. The predicted octanol–water partition coefficient (Wildman–Crippen LogP) is 12.3. The van der Waals surface area contributed by atoms with Crippen LogP contribution in [0.5, 0.6) is 0 Å². The Morgan fingerprint density at radius 1 is 0.474 bits per heavy atom. The maximum absolute atomic E-state index is 5.06. The zero-order chi connectivity index (χ0) is 37.7. The van der Waals surface area contributed by atoms with Crippen LogP contribution in [0.2, 0.25) is 0 Å². The van der Waals surface area contributed by atoms with Crippen LogP contribution in [0.1, 0.15) is 22.9 Å². The highest BCUT2D eigenvalue weighted by atomic mass is 15.2. The molecule has 0 bridgehead atoms. The molecule has 0 fully saturated rings. The van der Waals surface area contributed by atoms with E-state index >= 15 is 0 Å². The van der Waals surface area contributed by atoms with Crippen LogP contribution in [0.4, 0.5) is 0 Å². The number of nitrogens with one attached hydrogen (secondary N) is 1. The molecule has 2 aromatic heterocycles. The first-order chi connectivity index (χ1) is 28.2. The van der Waals surface area contributed by atoms with E-state index in [4.69, 9.17) is 15.0 Å². The monoisotopic (exact) mass is 729 g/mol. The van der Waals surface area contributed by atoms with Gasteiger partial charge in [-0.3, -0.25) is 4.98 Å². The largest absolute Gasteiger partial charge is 0.344 e. The number of aromatic nitrogens is 2. The van der Waals surface area contributed by atoms with E-state index in [9.17, 15) is 0 Å². The normalized spacial score (nSPS) is 14.1. The van der Waals surface area contributed by atoms with Gasteiger partial charge in [0.15, 0.2) is 5.84 Å². The number of nitrogens with zero attached hydrogens (tertiary/aromatic N) is 4. The highest BCUT2D eigenvalue weighted by Crippen LogP contribution is 2.40. The van der Waals surface area contributed by atoms with E-state index in [-0.39, 0.29) is 6.17 Å². The third kappa shape index (κ3) is 5.76. The standard InChI is InChI=1S/C52H35N5/c1-4-15-35(16-5-1)50-54-51(36-17-6-2-7-18-36)56-52(55-50)39-20-12-19-37(30-39)40-31-45-42(24-13-25-46(45)53-33-40)38-26-28-44-48(32-38)57(41-21-8-3-9-22-41)47-29-27-34-14-10-11-23-43(34)49(44)47/h1-33,50H,(H,54,55,56). The second-order valence-corrected chi connectivity index (χ2v) is 14.5. The minimum Gasteiger partial charge on any atom is -0.344 e. The zero-order valence-corrected chi connectivity index (χ0v) is 30.9. The van der Waals surface area contributed by atoms with Gasteiger partial charge in [0.2, 0.25) is 0 Å². The first-order valence-corrected chi connectivity index (χ1v) is 19.3. The number of amidine groups is 2. The van der Waals surface area contributed by atoms with Crippen LogP contribution in [0.3, 0.4) is 0 Å². The second-order valence-electron chi connectivity index (χ2n) is 14.5. The topological polar surface area (TPSA) is 54.6 Å². The number of aliphatic imine (C=N–C) groups is 2. The summed E-state index contributed by atoms with van der Waals surface area (Å²) >= 11 is 0. The third-order valence-corrected chi connectivity index (χ3v) is 11.1. The van der Waals surface area contributed by atoms with Gasteiger partial charge in [0.1, 0.15) is 12.0 Å². The van der Waals surface area contributed by atoms with Crippen molar-refractivity contribution in [3.8, 4) is 27.9 Å². The second kappa shape index (κ2) is 13.6. The van der Waals surface area contributed by atoms with Gasteiger partial charge in [-0.05, 0) is 75.5 Å². The van der Waals surface area contributed by atoms with Crippen molar-refractivity contribution in [3.05, 3.63) is 217 Å². The van der Waals surface area contributed by atoms with Gasteiger partial charge >= 0.3 is 0 Å². The number of pyridine rings is 1. The molecule has 1 atom stereocenters. The number of benzene rings is 8. The smallest absolute Gasteiger partial charge is 0.159 e. The fourth-order valence-electron chi connectivity index (χ4n) is 8.33. The zero-order valence-electron chi connectivity index (χ0n) is 30.9. The molecule has 10 aromatic rings. The molecule has 0 aliphatic carbocycles. The van der Waals surface area contributed by atoms with Gasteiger partial charge in [-0.25, -0.2) is 9.98 Å².